The van der Waals surface area contributed by atoms with Crippen molar-refractivity contribution in [2.75, 3.05) is 6.61 Å². The SMILES string of the molecule is CCCc1ccc(C(S)(c2ccc(CCC)cc2)c2ccc(C(=O)OC(=O)CCCOc3ccc(-c4ccc[nH]4)cc3)c(C)c2C)cc1. The fourth-order valence-corrected chi connectivity index (χ4v) is 6.71. The number of ether oxygens (including phenoxy) is 2. The van der Waals surface area contributed by atoms with E-state index in [0.717, 1.165) is 70.5 Å². The summed E-state index contributed by atoms with van der Waals surface area (Å²) < 4.78 is 10.3. The first kappa shape index (κ1) is 34.8. The number of thiol groups is 1. The largest absolute Gasteiger partial charge is 0.494 e. The molecule has 0 atom stereocenters. The second kappa shape index (κ2) is 16.0. The first-order valence-corrected chi connectivity index (χ1v) is 17.3. The van der Waals surface area contributed by atoms with Crippen LogP contribution in [0, 0.1) is 13.8 Å². The number of benzene rings is 4. The van der Waals surface area contributed by atoms with Gasteiger partial charge in [0.15, 0.2) is 0 Å². The highest BCUT2D eigenvalue weighted by atomic mass is 32.1. The number of hydrogen-bond donors (Lipinski definition) is 2. The third-order valence-electron chi connectivity index (χ3n) is 8.98. The van der Waals surface area contributed by atoms with Crippen LogP contribution >= 0.6 is 12.6 Å². The van der Waals surface area contributed by atoms with Crippen molar-refractivity contribution in [2.45, 2.75) is 71.0 Å². The quantitative estimate of drug-likeness (QED) is 0.0409. The van der Waals surface area contributed by atoms with E-state index >= 15 is 0 Å². The third-order valence-corrected chi connectivity index (χ3v) is 9.74. The summed E-state index contributed by atoms with van der Waals surface area (Å²) in [7, 11) is 0. The Morgan fingerprint density at radius 1 is 0.750 bits per heavy atom. The highest BCUT2D eigenvalue weighted by molar-refractivity contribution is 7.81. The maximum absolute atomic E-state index is 13.2. The molecule has 0 fully saturated rings. The van der Waals surface area contributed by atoms with E-state index in [9.17, 15) is 9.59 Å². The van der Waals surface area contributed by atoms with Gasteiger partial charge in [-0.2, -0.15) is 12.6 Å². The number of aromatic amines is 1. The molecule has 4 aromatic carbocycles. The first-order valence-electron chi connectivity index (χ1n) is 16.9. The van der Waals surface area contributed by atoms with Crippen molar-refractivity contribution >= 4 is 24.6 Å². The monoisotopic (exact) mass is 659 g/mol. The number of aryl methyl sites for hydroxylation is 2. The zero-order valence-corrected chi connectivity index (χ0v) is 29.2. The summed E-state index contributed by atoms with van der Waals surface area (Å²) in [6.07, 6.45) is 6.60. The molecule has 0 saturated heterocycles. The van der Waals surface area contributed by atoms with Crippen LogP contribution in [0.25, 0.3) is 11.3 Å². The average molecular weight is 660 g/mol. The van der Waals surface area contributed by atoms with Gasteiger partial charge >= 0.3 is 11.9 Å². The van der Waals surface area contributed by atoms with Gasteiger partial charge in [0, 0.05) is 18.3 Å². The Morgan fingerprint density at radius 3 is 1.90 bits per heavy atom. The number of aromatic nitrogens is 1. The summed E-state index contributed by atoms with van der Waals surface area (Å²) in [6, 6.07) is 32.8. The van der Waals surface area contributed by atoms with Crippen molar-refractivity contribution in [1.82, 2.24) is 4.98 Å². The standard InChI is InChI=1S/C42H45NO4S/c1-5-9-31-13-19-34(20-14-31)42(48,35-21-15-32(10-6-2)16-22-35)38-26-25-37(29(3)30(38)4)41(45)47-40(44)12-8-28-46-36-23-17-33(18-24-36)39-11-7-27-43-39/h7,11,13-27,43,48H,5-6,8-10,12,28H2,1-4H3. The van der Waals surface area contributed by atoms with Gasteiger partial charge in [-0.05, 0) is 120 Å². The average Bonchev–Trinajstić information content (AvgIpc) is 3.64. The van der Waals surface area contributed by atoms with Gasteiger partial charge in [0.1, 0.15) is 5.75 Å². The summed E-state index contributed by atoms with van der Waals surface area (Å²) in [5, 5.41) is 0. The van der Waals surface area contributed by atoms with Gasteiger partial charge in [-0.3, -0.25) is 4.79 Å². The van der Waals surface area contributed by atoms with Crippen LogP contribution < -0.4 is 4.74 Å². The van der Waals surface area contributed by atoms with E-state index in [0.29, 0.717) is 18.6 Å². The van der Waals surface area contributed by atoms with Gasteiger partial charge < -0.3 is 14.5 Å². The molecule has 0 saturated carbocycles. The minimum Gasteiger partial charge on any atom is -0.494 e. The molecule has 0 aliphatic rings. The smallest absolute Gasteiger partial charge is 0.346 e. The van der Waals surface area contributed by atoms with E-state index in [2.05, 4.69) is 67.4 Å². The van der Waals surface area contributed by atoms with Crippen LogP contribution in [0.3, 0.4) is 0 Å². The van der Waals surface area contributed by atoms with Crippen molar-refractivity contribution in [3.8, 4) is 17.0 Å². The van der Waals surface area contributed by atoms with Crippen LogP contribution in [-0.4, -0.2) is 23.5 Å². The van der Waals surface area contributed by atoms with E-state index in [1.807, 2.05) is 62.5 Å². The molecule has 0 radical (unpaired) electrons. The van der Waals surface area contributed by atoms with Crippen LogP contribution in [0.5, 0.6) is 5.75 Å². The molecule has 0 aliphatic carbocycles. The molecule has 5 rings (SSSR count). The van der Waals surface area contributed by atoms with Crippen molar-refractivity contribution < 1.29 is 19.1 Å². The number of H-pyrrole nitrogens is 1. The number of nitrogens with one attached hydrogen (secondary N) is 1. The second-order valence-corrected chi connectivity index (χ2v) is 13.0. The lowest BCUT2D eigenvalue weighted by atomic mass is 9.79. The molecule has 0 spiro atoms. The minimum absolute atomic E-state index is 0.0736. The molecule has 1 heterocycles. The predicted octanol–water partition coefficient (Wildman–Crippen LogP) is 9.97. The fourth-order valence-electron chi connectivity index (χ4n) is 6.17. The number of hydrogen-bond acceptors (Lipinski definition) is 5. The molecule has 1 aromatic heterocycles. The van der Waals surface area contributed by atoms with E-state index in [1.165, 1.54) is 11.1 Å². The Morgan fingerprint density at radius 2 is 1.35 bits per heavy atom. The zero-order chi connectivity index (χ0) is 34.1. The third kappa shape index (κ3) is 7.94. The van der Waals surface area contributed by atoms with Crippen molar-refractivity contribution in [3.05, 3.63) is 148 Å². The minimum atomic E-state index is -0.759. The highest BCUT2D eigenvalue weighted by Gasteiger charge is 2.35. The van der Waals surface area contributed by atoms with Crippen molar-refractivity contribution in [3.63, 3.8) is 0 Å². The molecule has 1 N–H and O–H groups in total. The van der Waals surface area contributed by atoms with E-state index in [-0.39, 0.29) is 6.42 Å². The van der Waals surface area contributed by atoms with E-state index in [1.54, 1.807) is 6.07 Å². The molecule has 48 heavy (non-hydrogen) atoms. The molecule has 248 valence electrons. The predicted molar refractivity (Wildman–Crippen MR) is 197 cm³/mol. The Labute approximate surface area is 290 Å². The molecule has 5 nitrogen and oxygen atoms in total. The molecular weight excluding hydrogens is 615 g/mol. The zero-order valence-electron chi connectivity index (χ0n) is 28.3. The van der Waals surface area contributed by atoms with Crippen LogP contribution in [0.4, 0.5) is 0 Å². The van der Waals surface area contributed by atoms with Crippen molar-refractivity contribution in [2.24, 2.45) is 0 Å². The second-order valence-electron chi connectivity index (χ2n) is 12.3. The van der Waals surface area contributed by atoms with Gasteiger partial charge in [0.25, 0.3) is 0 Å². The Bertz CT molecular complexity index is 1760. The summed E-state index contributed by atoms with van der Waals surface area (Å²) in [5.74, 6) is -0.504. The molecule has 5 aromatic rings. The van der Waals surface area contributed by atoms with Gasteiger partial charge in [-0.15, -0.1) is 0 Å². The Hall–Kier alpha value is -4.55. The van der Waals surface area contributed by atoms with Gasteiger partial charge in [-0.25, -0.2) is 4.79 Å². The number of carbonyl (C=O) groups excluding carboxylic acids is 2. The molecule has 0 aliphatic heterocycles. The number of rotatable bonds is 14. The molecule has 0 bridgehead atoms. The van der Waals surface area contributed by atoms with Gasteiger partial charge in [0.05, 0.1) is 16.9 Å². The lowest BCUT2D eigenvalue weighted by molar-refractivity contribution is -0.138. The molecule has 6 heteroatoms. The summed E-state index contributed by atoms with van der Waals surface area (Å²) in [5.41, 5.74) is 9.84. The normalized spacial score (nSPS) is 11.4. The van der Waals surface area contributed by atoms with E-state index in [4.69, 9.17) is 22.1 Å². The summed E-state index contributed by atoms with van der Waals surface area (Å²) in [4.78, 5) is 29.0. The van der Waals surface area contributed by atoms with Crippen LogP contribution in [0.1, 0.15) is 88.8 Å². The highest BCUT2D eigenvalue weighted by Crippen LogP contribution is 2.45. The Balaban J connectivity index is 1.27. The van der Waals surface area contributed by atoms with Gasteiger partial charge in [-0.1, -0.05) is 81.3 Å². The molecule has 0 unspecified atom stereocenters. The Kier molecular flexibility index (Phi) is 11.6. The van der Waals surface area contributed by atoms with E-state index < -0.39 is 16.7 Å². The van der Waals surface area contributed by atoms with Crippen LogP contribution in [0.2, 0.25) is 0 Å². The van der Waals surface area contributed by atoms with Gasteiger partial charge in [0.2, 0.25) is 0 Å². The lowest BCUT2D eigenvalue weighted by Gasteiger charge is -2.33. The summed E-state index contributed by atoms with van der Waals surface area (Å²) >= 11 is 5.43. The lowest BCUT2D eigenvalue weighted by Crippen LogP contribution is -2.25. The number of esters is 2. The van der Waals surface area contributed by atoms with Crippen LogP contribution in [-0.2, 0) is 27.1 Å². The molecule has 0 amide bonds. The van der Waals surface area contributed by atoms with Crippen LogP contribution in [0.15, 0.2) is 103 Å². The van der Waals surface area contributed by atoms with Crippen molar-refractivity contribution in [1.29, 1.82) is 0 Å². The summed E-state index contributed by atoms with van der Waals surface area (Å²) in [6.45, 7) is 8.61. The first-order chi connectivity index (χ1) is 23.2. The fraction of sp³-hybridized carbons (Fsp3) is 0.286. The number of carbonyl (C=O) groups is 2. The molecular formula is C42H45NO4S. The maximum Gasteiger partial charge on any atom is 0.346 e. The maximum atomic E-state index is 13.2. The topological polar surface area (TPSA) is 68.4 Å².